The molecule has 0 fully saturated rings. The Labute approximate surface area is 112 Å². The Balaban J connectivity index is 3.21. The van der Waals surface area contributed by atoms with Gasteiger partial charge in [0.1, 0.15) is 11.3 Å². The molecule has 0 aliphatic rings. The lowest BCUT2D eigenvalue weighted by Gasteiger charge is -2.20. The Kier molecular flexibility index (Phi) is 4.19. The van der Waals surface area contributed by atoms with E-state index in [2.05, 4.69) is 11.3 Å². The highest BCUT2D eigenvalue weighted by atomic mass is 16.6. The summed E-state index contributed by atoms with van der Waals surface area (Å²) < 4.78 is 11.0. The van der Waals surface area contributed by atoms with Crippen LogP contribution in [-0.4, -0.2) is 29.3 Å². The number of allylic oxidation sites excluding steroid dienone is 1. The Hall–Kier alpha value is -2.04. The first-order chi connectivity index (χ1) is 8.65. The van der Waals surface area contributed by atoms with E-state index in [9.17, 15) is 9.59 Å². The fraction of sp³-hybridized carbons (Fsp3) is 0.429. The van der Waals surface area contributed by atoms with E-state index in [1.165, 1.54) is 13.3 Å². The molecule has 1 rings (SSSR count). The van der Waals surface area contributed by atoms with Gasteiger partial charge in [-0.25, -0.2) is 14.2 Å². The molecule has 0 radical (unpaired) electrons. The van der Waals surface area contributed by atoms with E-state index in [4.69, 9.17) is 4.74 Å². The van der Waals surface area contributed by atoms with Crippen molar-refractivity contribution in [3.63, 3.8) is 0 Å². The molecule has 0 aliphatic carbocycles. The molecule has 0 unspecified atom stereocenters. The second-order valence-electron chi connectivity index (χ2n) is 5.24. The molecule has 104 valence electrons. The van der Waals surface area contributed by atoms with Gasteiger partial charge in [-0.05, 0) is 44.9 Å². The summed E-state index contributed by atoms with van der Waals surface area (Å²) in [5.74, 6) is -0.599. The summed E-state index contributed by atoms with van der Waals surface area (Å²) in [6, 6.07) is 1.55. The smallest absolute Gasteiger partial charge is 0.419 e. The van der Waals surface area contributed by atoms with E-state index in [0.29, 0.717) is 5.56 Å². The zero-order valence-corrected chi connectivity index (χ0v) is 11.9. The Morgan fingerprint density at radius 3 is 2.32 bits per heavy atom. The second-order valence-corrected chi connectivity index (χ2v) is 5.24. The summed E-state index contributed by atoms with van der Waals surface area (Å²) in [7, 11) is 1.26. The van der Waals surface area contributed by atoms with Crippen LogP contribution in [0.15, 0.2) is 18.8 Å². The van der Waals surface area contributed by atoms with E-state index in [0.717, 1.165) is 10.1 Å². The number of carbonyl (C=O) groups excluding carboxylic acids is 2. The number of methoxy groups -OCH3 is 1. The standard InChI is InChI=1S/C14H19NO4/c1-9(2)10-7-11(12(16)18-6)15(8-10)13(17)19-14(3,4)5/h7-8H,1H2,2-6H3. The van der Waals surface area contributed by atoms with Gasteiger partial charge in [-0.3, -0.25) is 0 Å². The molecule has 0 aliphatic heterocycles. The molecule has 0 N–H and O–H groups in total. The first-order valence-electron chi connectivity index (χ1n) is 5.85. The first kappa shape index (κ1) is 15.0. The number of aromatic nitrogens is 1. The molecule has 0 saturated carbocycles. The van der Waals surface area contributed by atoms with E-state index in [1.807, 2.05) is 0 Å². The number of hydrogen-bond acceptors (Lipinski definition) is 4. The van der Waals surface area contributed by atoms with Crippen LogP contribution in [-0.2, 0) is 9.47 Å². The first-order valence-corrected chi connectivity index (χ1v) is 5.85. The fourth-order valence-electron chi connectivity index (χ4n) is 1.42. The molecule has 0 saturated heterocycles. The number of ether oxygens (including phenoxy) is 2. The molecular weight excluding hydrogens is 246 g/mol. The van der Waals surface area contributed by atoms with Crippen LogP contribution in [0.25, 0.3) is 5.57 Å². The molecule has 1 aromatic rings. The van der Waals surface area contributed by atoms with Gasteiger partial charge >= 0.3 is 12.1 Å². The number of esters is 1. The molecule has 0 amide bonds. The van der Waals surface area contributed by atoms with E-state index in [1.54, 1.807) is 33.8 Å². The molecule has 5 heteroatoms. The van der Waals surface area contributed by atoms with E-state index in [-0.39, 0.29) is 5.69 Å². The summed E-state index contributed by atoms with van der Waals surface area (Å²) >= 11 is 0. The largest absolute Gasteiger partial charge is 0.464 e. The summed E-state index contributed by atoms with van der Waals surface area (Å²) in [5, 5.41) is 0. The van der Waals surface area contributed by atoms with Crippen LogP contribution in [0.3, 0.4) is 0 Å². The van der Waals surface area contributed by atoms with Gasteiger partial charge in [-0.2, -0.15) is 0 Å². The van der Waals surface area contributed by atoms with Gasteiger partial charge in [-0.1, -0.05) is 6.58 Å². The van der Waals surface area contributed by atoms with Crippen molar-refractivity contribution < 1.29 is 19.1 Å². The lowest BCUT2D eigenvalue weighted by atomic mass is 10.2. The topological polar surface area (TPSA) is 57.5 Å². The highest BCUT2D eigenvalue weighted by molar-refractivity contribution is 5.93. The van der Waals surface area contributed by atoms with Crippen LogP contribution in [0, 0.1) is 0 Å². The van der Waals surface area contributed by atoms with E-state index < -0.39 is 17.7 Å². The Morgan fingerprint density at radius 1 is 1.32 bits per heavy atom. The Bertz CT molecular complexity index is 520. The summed E-state index contributed by atoms with van der Waals surface area (Å²) in [6.07, 6.45) is 0.892. The molecule has 5 nitrogen and oxygen atoms in total. The van der Waals surface area contributed by atoms with Crippen molar-refractivity contribution in [1.82, 2.24) is 4.57 Å². The number of carbonyl (C=O) groups is 2. The van der Waals surface area contributed by atoms with Crippen molar-refractivity contribution in [2.75, 3.05) is 7.11 Å². The maximum Gasteiger partial charge on any atom is 0.419 e. The van der Waals surface area contributed by atoms with Crippen LogP contribution in [0.4, 0.5) is 4.79 Å². The van der Waals surface area contributed by atoms with Crippen molar-refractivity contribution in [3.8, 4) is 0 Å². The number of hydrogen-bond donors (Lipinski definition) is 0. The minimum absolute atomic E-state index is 0.120. The third kappa shape index (κ3) is 3.71. The predicted octanol–water partition coefficient (Wildman–Crippen LogP) is 3.09. The maximum atomic E-state index is 12.0. The van der Waals surface area contributed by atoms with Gasteiger partial charge < -0.3 is 9.47 Å². The van der Waals surface area contributed by atoms with Gasteiger partial charge in [0, 0.05) is 6.20 Å². The number of rotatable bonds is 2. The lowest BCUT2D eigenvalue weighted by Crippen LogP contribution is -2.28. The predicted molar refractivity (Wildman–Crippen MR) is 72.1 cm³/mol. The average molecular weight is 265 g/mol. The van der Waals surface area contributed by atoms with Gasteiger partial charge in [0.05, 0.1) is 7.11 Å². The van der Waals surface area contributed by atoms with Crippen LogP contribution in [0.5, 0.6) is 0 Å². The monoisotopic (exact) mass is 265 g/mol. The van der Waals surface area contributed by atoms with Crippen molar-refractivity contribution in [2.45, 2.75) is 33.3 Å². The van der Waals surface area contributed by atoms with Gasteiger partial charge in [0.2, 0.25) is 0 Å². The van der Waals surface area contributed by atoms with Gasteiger partial charge in [0.15, 0.2) is 0 Å². The summed E-state index contributed by atoms with van der Waals surface area (Å²) in [4.78, 5) is 23.7. The van der Waals surface area contributed by atoms with Crippen LogP contribution in [0.2, 0.25) is 0 Å². The van der Waals surface area contributed by atoms with Gasteiger partial charge in [0.25, 0.3) is 0 Å². The lowest BCUT2D eigenvalue weighted by molar-refractivity contribution is 0.0483. The normalized spacial score (nSPS) is 11.0. The number of nitrogens with zero attached hydrogens (tertiary/aromatic N) is 1. The van der Waals surface area contributed by atoms with Crippen LogP contribution >= 0.6 is 0 Å². The Morgan fingerprint density at radius 2 is 1.89 bits per heavy atom. The molecule has 1 heterocycles. The average Bonchev–Trinajstić information content (AvgIpc) is 2.70. The van der Waals surface area contributed by atoms with Crippen molar-refractivity contribution >= 4 is 17.6 Å². The summed E-state index contributed by atoms with van der Waals surface area (Å²) in [6.45, 7) is 10.8. The SMILES string of the molecule is C=C(C)c1cc(C(=O)OC)n(C(=O)OC(C)(C)C)c1. The van der Waals surface area contributed by atoms with Crippen molar-refractivity contribution in [1.29, 1.82) is 0 Å². The van der Waals surface area contributed by atoms with Gasteiger partial charge in [-0.15, -0.1) is 0 Å². The quantitative estimate of drug-likeness (QED) is 0.771. The van der Waals surface area contributed by atoms with Crippen molar-refractivity contribution in [3.05, 3.63) is 30.1 Å². The molecule has 0 aromatic carbocycles. The minimum Gasteiger partial charge on any atom is -0.464 e. The van der Waals surface area contributed by atoms with Crippen LogP contribution < -0.4 is 0 Å². The zero-order chi connectivity index (χ0) is 14.8. The molecule has 0 spiro atoms. The second kappa shape index (κ2) is 5.30. The fourth-order valence-corrected chi connectivity index (χ4v) is 1.42. The van der Waals surface area contributed by atoms with E-state index >= 15 is 0 Å². The molecule has 0 bridgehead atoms. The molecule has 0 atom stereocenters. The molecular formula is C14H19NO4. The molecule has 1 aromatic heterocycles. The summed E-state index contributed by atoms with van der Waals surface area (Å²) in [5.41, 5.74) is 0.909. The van der Waals surface area contributed by atoms with Crippen molar-refractivity contribution in [2.24, 2.45) is 0 Å². The third-order valence-electron chi connectivity index (χ3n) is 2.30. The molecule has 19 heavy (non-hydrogen) atoms. The highest BCUT2D eigenvalue weighted by Crippen LogP contribution is 2.19. The highest BCUT2D eigenvalue weighted by Gasteiger charge is 2.23. The maximum absolute atomic E-state index is 12.0. The third-order valence-corrected chi connectivity index (χ3v) is 2.30. The zero-order valence-electron chi connectivity index (χ0n) is 11.9. The van der Waals surface area contributed by atoms with Crippen LogP contribution in [0.1, 0.15) is 43.7 Å². The minimum atomic E-state index is -0.641.